The summed E-state index contributed by atoms with van der Waals surface area (Å²) in [6.07, 6.45) is 28.0. The highest BCUT2D eigenvalue weighted by molar-refractivity contribution is 4.84. The Balaban J connectivity index is 1.86. The molecule has 3 unspecified atom stereocenters. The van der Waals surface area contributed by atoms with E-state index in [1.165, 1.54) is 96.3 Å². The van der Waals surface area contributed by atoms with E-state index < -0.39 is 0 Å². The van der Waals surface area contributed by atoms with Gasteiger partial charge in [-0.25, -0.2) is 0 Å². The summed E-state index contributed by atoms with van der Waals surface area (Å²) in [6.45, 7) is 8.81. The predicted molar refractivity (Wildman–Crippen MR) is 123 cm³/mol. The van der Waals surface area contributed by atoms with Crippen molar-refractivity contribution in [2.75, 3.05) is 6.54 Å². The van der Waals surface area contributed by atoms with E-state index in [2.05, 4.69) is 25.0 Å². The van der Waals surface area contributed by atoms with Crippen molar-refractivity contribution in [1.82, 2.24) is 5.32 Å². The number of rotatable bonds is 19. The van der Waals surface area contributed by atoms with Crippen LogP contribution in [0.2, 0.25) is 0 Å². The molecular formula is C25H49N2O+. The van der Waals surface area contributed by atoms with Crippen molar-refractivity contribution in [2.45, 2.75) is 129 Å². The van der Waals surface area contributed by atoms with Crippen molar-refractivity contribution in [3.05, 3.63) is 25.1 Å². The highest BCUT2D eigenvalue weighted by Gasteiger charge is 2.40. The average molecular weight is 394 g/mol. The van der Waals surface area contributed by atoms with Crippen LogP contribution in [0.1, 0.15) is 117 Å². The summed E-state index contributed by atoms with van der Waals surface area (Å²) in [5.74, 6) is 0. The number of unbranched alkanes of at least 4 members (excludes halogenated alkanes) is 14. The van der Waals surface area contributed by atoms with E-state index in [0.717, 1.165) is 13.0 Å². The third-order valence-corrected chi connectivity index (χ3v) is 6.60. The fourth-order valence-corrected chi connectivity index (χ4v) is 4.58. The SMILES string of the molecule is C=CCCCCCCCCCCCCCCCCC1NC=C[N+]1(CC)C(C)O. The highest BCUT2D eigenvalue weighted by atomic mass is 16.3. The normalized spacial score (nSPS) is 22.3. The molecule has 0 aliphatic carbocycles. The molecule has 3 heteroatoms. The lowest BCUT2D eigenvalue weighted by Crippen LogP contribution is -2.57. The van der Waals surface area contributed by atoms with E-state index in [1.54, 1.807) is 0 Å². The van der Waals surface area contributed by atoms with Gasteiger partial charge >= 0.3 is 0 Å². The number of quaternary nitrogens is 1. The second-order valence-corrected chi connectivity index (χ2v) is 8.76. The van der Waals surface area contributed by atoms with Gasteiger partial charge in [-0.3, -0.25) is 4.48 Å². The second kappa shape index (κ2) is 16.0. The number of hydrogen-bond acceptors (Lipinski definition) is 2. The predicted octanol–water partition coefficient (Wildman–Crippen LogP) is 6.99. The number of aliphatic hydroxyl groups is 1. The molecule has 0 spiro atoms. The molecule has 28 heavy (non-hydrogen) atoms. The fraction of sp³-hybridized carbons (Fsp3) is 0.840. The van der Waals surface area contributed by atoms with Crippen molar-refractivity contribution in [2.24, 2.45) is 0 Å². The molecule has 1 rings (SSSR count). The maximum Gasteiger partial charge on any atom is 0.193 e. The molecule has 3 atom stereocenters. The smallest absolute Gasteiger partial charge is 0.193 e. The summed E-state index contributed by atoms with van der Waals surface area (Å²) >= 11 is 0. The van der Waals surface area contributed by atoms with Gasteiger partial charge in [0, 0.05) is 13.3 Å². The molecule has 0 bridgehead atoms. The summed E-state index contributed by atoms with van der Waals surface area (Å²) in [5, 5.41) is 13.6. The van der Waals surface area contributed by atoms with Gasteiger partial charge in [-0.1, -0.05) is 83.1 Å². The van der Waals surface area contributed by atoms with Crippen LogP contribution >= 0.6 is 0 Å². The largest absolute Gasteiger partial charge is 0.345 e. The quantitative estimate of drug-likeness (QED) is 0.141. The molecule has 0 aromatic carbocycles. The van der Waals surface area contributed by atoms with Crippen LogP contribution in [0.3, 0.4) is 0 Å². The van der Waals surface area contributed by atoms with Gasteiger partial charge in [-0.15, -0.1) is 6.58 Å². The zero-order valence-corrected chi connectivity index (χ0v) is 19.0. The van der Waals surface area contributed by atoms with Crippen LogP contribution < -0.4 is 5.32 Å². The third kappa shape index (κ3) is 9.60. The Morgan fingerprint density at radius 1 is 0.893 bits per heavy atom. The summed E-state index contributed by atoms with van der Waals surface area (Å²) in [7, 11) is 0. The molecule has 0 radical (unpaired) electrons. The second-order valence-electron chi connectivity index (χ2n) is 8.76. The summed E-state index contributed by atoms with van der Waals surface area (Å²) < 4.78 is 0.675. The first-order valence-corrected chi connectivity index (χ1v) is 12.3. The number of nitrogens with one attached hydrogen (secondary N) is 1. The van der Waals surface area contributed by atoms with E-state index in [1.807, 2.05) is 19.2 Å². The molecule has 1 aliphatic heterocycles. The van der Waals surface area contributed by atoms with Crippen molar-refractivity contribution in [3.63, 3.8) is 0 Å². The van der Waals surface area contributed by atoms with E-state index >= 15 is 0 Å². The van der Waals surface area contributed by atoms with Crippen LogP contribution in [-0.4, -0.2) is 28.5 Å². The van der Waals surface area contributed by atoms with E-state index in [-0.39, 0.29) is 6.23 Å². The molecular weight excluding hydrogens is 344 g/mol. The van der Waals surface area contributed by atoms with Crippen LogP contribution in [0.5, 0.6) is 0 Å². The first kappa shape index (κ1) is 25.2. The highest BCUT2D eigenvalue weighted by Crippen LogP contribution is 2.26. The van der Waals surface area contributed by atoms with Gasteiger partial charge in [0.2, 0.25) is 0 Å². The number of nitrogens with zero attached hydrogens (tertiary/aromatic N) is 1. The zero-order chi connectivity index (χ0) is 20.5. The molecule has 164 valence electrons. The summed E-state index contributed by atoms with van der Waals surface area (Å²) in [4.78, 5) is 0. The average Bonchev–Trinajstić information content (AvgIpc) is 3.12. The van der Waals surface area contributed by atoms with Crippen molar-refractivity contribution < 1.29 is 9.59 Å². The minimum Gasteiger partial charge on any atom is -0.345 e. The Morgan fingerprint density at radius 2 is 1.36 bits per heavy atom. The van der Waals surface area contributed by atoms with Crippen LogP contribution in [-0.2, 0) is 0 Å². The minimum atomic E-state index is -0.335. The molecule has 0 aromatic rings. The monoisotopic (exact) mass is 393 g/mol. The number of aliphatic hydroxyl groups excluding tert-OH is 1. The molecule has 1 heterocycles. The van der Waals surface area contributed by atoms with E-state index in [4.69, 9.17) is 0 Å². The maximum atomic E-state index is 10.2. The van der Waals surface area contributed by atoms with Crippen molar-refractivity contribution >= 4 is 0 Å². The summed E-state index contributed by atoms with van der Waals surface area (Å²) in [5.41, 5.74) is 0. The lowest BCUT2D eigenvalue weighted by atomic mass is 10.0. The number of hydrogen-bond donors (Lipinski definition) is 2. The molecule has 2 N–H and O–H groups in total. The molecule has 0 saturated carbocycles. The van der Waals surface area contributed by atoms with Crippen molar-refractivity contribution in [1.29, 1.82) is 0 Å². The zero-order valence-electron chi connectivity index (χ0n) is 19.0. The molecule has 1 aliphatic rings. The van der Waals surface area contributed by atoms with Gasteiger partial charge in [-0.2, -0.15) is 0 Å². The molecule has 0 fully saturated rings. The lowest BCUT2D eigenvalue weighted by Gasteiger charge is -2.39. The van der Waals surface area contributed by atoms with Gasteiger partial charge in [0.05, 0.1) is 12.7 Å². The van der Waals surface area contributed by atoms with E-state index in [0.29, 0.717) is 10.6 Å². The molecule has 0 saturated heterocycles. The van der Waals surface area contributed by atoms with Gasteiger partial charge < -0.3 is 10.4 Å². The Labute approximate surface area is 175 Å². The van der Waals surface area contributed by atoms with Crippen LogP contribution in [0.4, 0.5) is 0 Å². The maximum absolute atomic E-state index is 10.2. The van der Waals surface area contributed by atoms with Crippen LogP contribution in [0.15, 0.2) is 25.1 Å². The fourth-order valence-electron chi connectivity index (χ4n) is 4.58. The van der Waals surface area contributed by atoms with Gasteiger partial charge in [0.1, 0.15) is 6.20 Å². The lowest BCUT2D eigenvalue weighted by molar-refractivity contribution is -0.942. The first-order valence-electron chi connectivity index (χ1n) is 12.3. The van der Waals surface area contributed by atoms with E-state index in [9.17, 15) is 5.11 Å². The Bertz CT molecular complexity index is 407. The van der Waals surface area contributed by atoms with Crippen LogP contribution in [0, 0.1) is 0 Å². The minimum absolute atomic E-state index is 0.335. The molecule has 3 nitrogen and oxygen atoms in total. The topological polar surface area (TPSA) is 32.3 Å². The van der Waals surface area contributed by atoms with Gasteiger partial charge in [0.25, 0.3) is 0 Å². The van der Waals surface area contributed by atoms with Crippen molar-refractivity contribution in [3.8, 4) is 0 Å². The first-order chi connectivity index (χ1) is 13.7. The standard InChI is InChI=1S/C25H49N2O/c1-4-6-7-8-9-10-11-12-13-14-15-16-17-18-19-20-21-25-26-22-23-27(25,5-2)24(3)28/h4,22-26,28H,1,5-21H2,2-3H3/q+1. The molecule has 0 amide bonds. The van der Waals surface area contributed by atoms with Gasteiger partial charge in [-0.05, 0) is 26.2 Å². The summed E-state index contributed by atoms with van der Waals surface area (Å²) in [6, 6.07) is 0. The Morgan fingerprint density at radius 3 is 1.79 bits per heavy atom. The Kier molecular flexibility index (Phi) is 14.5. The Hall–Kier alpha value is -0.800. The molecule has 0 aromatic heterocycles. The van der Waals surface area contributed by atoms with Crippen LogP contribution in [0.25, 0.3) is 0 Å². The van der Waals surface area contributed by atoms with Gasteiger partial charge in [0.15, 0.2) is 12.4 Å². The third-order valence-electron chi connectivity index (χ3n) is 6.60. The number of allylic oxidation sites excluding steroid dienone is 1.